The predicted octanol–water partition coefficient (Wildman–Crippen LogP) is 0.587. The molecule has 0 aromatic heterocycles. The molecular formula is C8H7NO3. The maximum atomic E-state index is 10.3. The van der Waals surface area contributed by atoms with E-state index in [1.807, 2.05) is 0 Å². The molecule has 0 bridgehead atoms. The van der Waals surface area contributed by atoms with Crippen LogP contribution in [0.25, 0.3) is 0 Å². The average Bonchev–Trinajstić information content (AvgIpc) is 2.04. The van der Waals surface area contributed by atoms with E-state index in [2.05, 4.69) is 0 Å². The van der Waals surface area contributed by atoms with Gasteiger partial charge in [0.15, 0.2) is 6.04 Å². The highest BCUT2D eigenvalue weighted by Crippen LogP contribution is 2.15. The average molecular weight is 165 g/mol. The van der Waals surface area contributed by atoms with Crippen LogP contribution in [0, 0.1) is 0 Å². The Balaban J connectivity index is 2.89. The molecule has 0 heterocycles. The molecule has 4 heteroatoms. The van der Waals surface area contributed by atoms with Crippen molar-refractivity contribution in [2.75, 3.05) is 0 Å². The SMILES string of the molecule is [N]C(C(=O)O)c1ccc(O)cc1. The van der Waals surface area contributed by atoms with Crippen LogP contribution in [0.15, 0.2) is 24.3 Å². The fraction of sp³-hybridized carbons (Fsp3) is 0.125. The van der Waals surface area contributed by atoms with E-state index in [-0.39, 0.29) is 11.3 Å². The molecule has 1 rings (SSSR count). The number of phenolic OH excluding ortho intramolecular Hbond substituents is 1. The second-order valence-electron chi connectivity index (χ2n) is 2.33. The van der Waals surface area contributed by atoms with Crippen LogP contribution in [0.5, 0.6) is 5.75 Å². The zero-order valence-corrected chi connectivity index (χ0v) is 6.14. The summed E-state index contributed by atoms with van der Waals surface area (Å²) in [5.41, 5.74) is 9.26. The Morgan fingerprint density at radius 1 is 1.33 bits per heavy atom. The van der Waals surface area contributed by atoms with Crippen molar-refractivity contribution in [3.63, 3.8) is 0 Å². The molecule has 1 atom stereocenters. The molecule has 0 fully saturated rings. The van der Waals surface area contributed by atoms with Crippen molar-refractivity contribution in [3.05, 3.63) is 29.8 Å². The minimum Gasteiger partial charge on any atom is -0.508 e. The Labute approximate surface area is 69.3 Å². The van der Waals surface area contributed by atoms with E-state index in [0.717, 1.165) is 0 Å². The van der Waals surface area contributed by atoms with Gasteiger partial charge in [0, 0.05) is 0 Å². The summed E-state index contributed by atoms with van der Waals surface area (Å²) in [6.45, 7) is 0. The van der Waals surface area contributed by atoms with Gasteiger partial charge in [-0.15, -0.1) is 5.73 Å². The quantitative estimate of drug-likeness (QED) is 0.672. The minimum absolute atomic E-state index is 0.0383. The summed E-state index contributed by atoms with van der Waals surface area (Å²) in [5, 5.41) is 17.2. The van der Waals surface area contributed by atoms with E-state index in [1.165, 1.54) is 24.3 Å². The number of rotatable bonds is 2. The van der Waals surface area contributed by atoms with Gasteiger partial charge in [0.1, 0.15) is 5.75 Å². The lowest BCUT2D eigenvalue weighted by Gasteiger charge is -2.02. The Bertz CT molecular complexity index is 281. The number of phenols is 1. The summed E-state index contributed by atoms with van der Waals surface area (Å²) >= 11 is 0. The molecule has 62 valence electrons. The maximum Gasteiger partial charge on any atom is 0.328 e. The lowest BCUT2D eigenvalue weighted by molar-refractivity contribution is -0.138. The van der Waals surface area contributed by atoms with Crippen molar-refractivity contribution >= 4 is 5.97 Å². The first-order valence-corrected chi connectivity index (χ1v) is 3.31. The van der Waals surface area contributed by atoms with Crippen LogP contribution < -0.4 is 5.73 Å². The lowest BCUT2D eigenvalue weighted by Crippen LogP contribution is -2.11. The summed E-state index contributed by atoms with van der Waals surface area (Å²) < 4.78 is 0. The van der Waals surface area contributed by atoms with Gasteiger partial charge in [0.25, 0.3) is 0 Å². The third kappa shape index (κ3) is 1.73. The number of hydrogen-bond donors (Lipinski definition) is 2. The Kier molecular flexibility index (Phi) is 2.30. The monoisotopic (exact) mass is 165 g/mol. The van der Waals surface area contributed by atoms with Crippen molar-refractivity contribution in [2.24, 2.45) is 0 Å². The topological polar surface area (TPSA) is 79.8 Å². The van der Waals surface area contributed by atoms with E-state index in [1.54, 1.807) is 0 Å². The summed E-state index contributed by atoms with van der Waals surface area (Å²) in [4.78, 5) is 10.3. The van der Waals surface area contributed by atoms with Gasteiger partial charge < -0.3 is 10.2 Å². The molecule has 4 nitrogen and oxygen atoms in total. The number of aromatic hydroxyl groups is 1. The van der Waals surface area contributed by atoms with E-state index < -0.39 is 12.0 Å². The molecule has 0 aliphatic carbocycles. The van der Waals surface area contributed by atoms with E-state index in [0.29, 0.717) is 0 Å². The zero-order chi connectivity index (χ0) is 9.14. The summed E-state index contributed by atoms with van der Waals surface area (Å²) in [7, 11) is 0. The number of hydrogen-bond acceptors (Lipinski definition) is 2. The van der Waals surface area contributed by atoms with Crippen LogP contribution in [-0.4, -0.2) is 16.2 Å². The number of benzene rings is 1. The Hall–Kier alpha value is -1.55. The highest BCUT2D eigenvalue weighted by Gasteiger charge is 2.15. The number of nitrogens with zero attached hydrogens (tertiary/aromatic N) is 1. The maximum absolute atomic E-state index is 10.3. The highest BCUT2D eigenvalue weighted by molar-refractivity contribution is 5.75. The van der Waals surface area contributed by atoms with Gasteiger partial charge in [0.05, 0.1) is 0 Å². The van der Waals surface area contributed by atoms with Crippen molar-refractivity contribution in [2.45, 2.75) is 6.04 Å². The van der Waals surface area contributed by atoms with Crippen LogP contribution in [0.3, 0.4) is 0 Å². The van der Waals surface area contributed by atoms with Gasteiger partial charge in [-0.3, -0.25) is 4.79 Å². The third-order valence-corrected chi connectivity index (χ3v) is 1.44. The van der Waals surface area contributed by atoms with Crippen LogP contribution in [0.2, 0.25) is 0 Å². The molecule has 2 radical (unpaired) electrons. The van der Waals surface area contributed by atoms with Crippen LogP contribution in [0.1, 0.15) is 11.6 Å². The Morgan fingerprint density at radius 3 is 2.25 bits per heavy atom. The molecule has 1 aromatic carbocycles. The van der Waals surface area contributed by atoms with Gasteiger partial charge >= 0.3 is 5.97 Å². The molecule has 12 heavy (non-hydrogen) atoms. The number of aliphatic carboxylic acids is 1. The summed E-state index contributed by atoms with van der Waals surface area (Å²) in [6, 6.07) is 3.83. The van der Waals surface area contributed by atoms with Gasteiger partial charge in [0.2, 0.25) is 0 Å². The highest BCUT2D eigenvalue weighted by atomic mass is 16.4. The van der Waals surface area contributed by atoms with Gasteiger partial charge in [-0.05, 0) is 17.7 Å². The van der Waals surface area contributed by atoms with Crippen LogP contribution >= 0.6 is 0 Å². The molecule has 0 saturated carbocycles. The first kappa shape index (κ1) is 8.55. The van der Waals surface area contributed by atoms with Gasteiger partial charge in [-0.25, -0.2) is 0 Å². The predicted molar refractivity (Wildman–Crippen MR) is 40.6 cm³/mol. The van der Waals surface area contributed by atoms with E-state index in [4.69, 9.17) is 15.9 Å². The minimum atomic E-state index is -1.52. The van der Waals surface area contributed by atoms with Crippen molar-refractivity contribution in [3.8, 4) is 5.75 Å². The molecule has 0 saturated heterocycles. The smallest absolute Gasteiger partial charge is 0.328 e. The van der Waals surface area contributed by atoms with E-state index in [9.17, 15) is 4.79 Å². The first-order chi connectivity index (χ1) is 5.61. The molecule has 0 spiro atoms. The van der Waals surface area contributed by atoms with Crippen molar-refractivity contribution in [1.82, 2.24) is 5.73 Å². The number of carbonyl (C=O) groups is 1. The van der Waals surface area contributed by atoms with Crippen LogP contribution in [-0.2, 0) is 4.79 Å². The Morgan fingerprint density at radius 2 is 1.83 bits per heavy atom. The van der Waals surface area contributed by atoms with Crippen molar-refractivity contribution in [1.29, 1.82) is 0 Å². The zero-order valence-electron chi connectivity index (χ0n) is 6.14. The third-order valence-electron chi connectivity index (χ3n) is 1.44. The second kappa shape index (κ2) is 3.23. The molecule has 2 N–H and O–H groups in total. The largest absolute Gasteiger partial charge is 0.508 e. The second-order valence-corrected chi connectivity index (χ2v) is 2.33. The summed E-state index contributed by atoms with van der Waals surface area (Å²) in [5.74, 6) is -1.27. The molecule has 0 aliphatic rings. The molecular weight excluding hydrogens is 158 g/mol. The van der Waals surface area contributed by atoms with Crippen LogP contribution in [0.4, 0.5) is 0 Å². The van der Waals surface area contributed by atoms with E-state index >= 15 is 0 Å². The molecule has 1 unspecified atom stereocenters. The first-order valence-electron chi connectivity index (χ1n) is 3.31. The standard InChI is InChI=1S/C8H7NO3/c9-7(8(11)12)5-1-3-6(10)4-2-5/h1-4,7,10H,(H,11,12). The van der Waals surface area contributed by atoms with Gasteiger partial charge in [-0.1, -0.05) is 12.1 Å². The fourth-order valence-corrected chi connectivity index (χ4v) is 0.799. The van der Waals surface area contributed by atoms with Crippen molar-refractivity contribution < 1.29 is 15.0 Å². The normalized spacial score (nSPS) is 12.4. The lowest BCUT2D eigenvalue weighted by atomic mass is 10.1. The number of carboxylic acids is 1. The fourth-order valence-electron chi connectivity index (χ4n) is 0.799. The molecule has 0 aliphatic heterocycles. The molecule has 0 amide bonds. The summed E-state index contributed by atoms with van der Waals surface area (Å²) in [6.07, 6.45) is 0. The molecule has 1 aromatic rings. The van der Waals surface area contributed by atoms with Gasteiger partial charge in [-0.2, -0.15) is 0 Å². The number of carboxylic acid groups (broad SMARTS) is 1.